The summed E-state index contributed by atoms with van der Waals surface area (Å²) >= 11 is 15.4. The van der Waals surface area contributed by atoms with E-state index in [2.05, 4.69) is 25.9 Å². The third-order valence-corrected chi connectivity index (χ3v) is 6.39. The van der Waals surface area contributed by atoms with E-state index in [0.717, 1.165) is 6.42 Å². The Labute approximate surface area is 180 Å². The maximum absolute atomic E-state index is 14.7. The first kappa shape index (κ1) is 19.9. The molecule has 0 aliphatic carbocycles. The van der Waals surface area contributed by atoms with E-state index >= 15 is 0 Å². The van der Waals surface area contributed by atoms with E-state index in [0.29, 0.717) is 24.3 Å². The molecule has 2 fully saturated rings. The number of nitrogens with zero attached hydrogens (tertiary/aromatic N) is 4. The van der Waals surface area contributed by atoms with Gasteiger partial charge in [0.15, 0.2) is 5.82 Å². The van der Waals surface area contributed by atoms with Crippen LogP contribution in [0.15, 0.2) is 10.5 Å². The lowest BCUT2D eigenvalue weighted by atomic mass is 10.2. The standard InChI is InChI=1S/C18H18BrCl2FN4O2/c1-18(2,3)28-17(27)26-7-8-4-9(26)6-25(8)15-10-5-11(20)12(19)13(22)14(10)23-16(21)24-15/h5,8-9H,4,6-7H2,1-3H3/t8-,9-/m0/s1. The fraction of sp³-hybridized carbons (Fsp3) is 0.500. The third-order valence-electron chi connectivity index (χ3n) is 4.92. The molecule has 0 saturated carbocycles. The van der Waals surface area contributed by atoms with Crippen molar-refractivity contribution in [1.29, 1.82) is 0 Å². The van der Waals surface area contributed by atoms with Gasteiger partial charge in [-0.25, -0.2) is 14.2 Å². The fourth-order valence-electron chi connectivity index (χ4n) is 3.82. The highest BCUT2D eigenvalue weighted by atomic mass is 79.9. The Kier molecular flexibility index (Phi) is 4.87. The van der Waals surface area contributed by atoms with Gasteiger partial charge in [-0.05, 0) is 60.8 Å². The minimum Gasteiger partial charge on any atom is -0.444 e. The lowest BCUT2D eigenvalue weighted by Crippen LogP contribution is -2.50. The van der Waals surface area contributed by atoms with Crippen molar-refractivity contribution in [3.8, 4) is 0 Å². The molecule has 0 spiro atoms. The number of rotatable bonds is 1. The van der Waals surface area contributed by atoms with E-state index in [-0.39, 0.29) is 38.5 Å². The first-order chi connectivity index (χ1) is 13.0. The summed E-state index contributed by atoms with van der Waals surface area (Å²) in [6, 6.07) is 1.67. The number of hydrogen-bond donors (Lipinski definition) is 0. The lowest BCUT2D eigenvalue weighted by Gasteiger charge is -2.36. The maximum atomic E-state index is 14.7. The number of aromatic nitrogens is 2. The molecule has 0 unspecified atom stereocenters. The van der Waals surface area contributed by atoms with Crippen LogP contribution in [0.2, 0.25) is 10.3 Å². The molecule has 0 N–H and O–H groups in total. The van der Waals surface area contributed by atoms with Crippen LogP contribution in [0.4, 0.5) is 15.0 Å². The van der Waals surface area contributed by atoms with Crippen LogP contribution in [0.25, 0.3) is 10.9 Å². The first-order valence-corrected chi connectivity index (χ1v) is 10.4. The SMILES string of the molecule is CC(C)(C)OC(=O)N1C[C@@H]2C[C@H]1CN2c1nc(Cl)nc2c(F)c(Br)c(Cl)cc12. The minimum absolute atomic E-state index is 0.000548. The molecular formula is C18H18BrCl2FN4O2. The van der Waals surface area contributed by atoms with Gasteiger partial charge in [0.05, 0.1) is 21.6 Å². The third kappa shape index (κ3) is 3.39. The topological polar surface area (TPSA) is 58.6 Å². The molecule has 2 aliphatic rings. The summed E-state index contributed by atoms with van der Waals surface area (Å²) in [5.74, 6) is -0.0487. The number of hydrogen-bond acceptors (Lipinski definition) is 5. The summed E-state index contributed by atoms with van der Waals surface area (Å²) in [5, 5.41) is 0.686. The highest BCUT2D eigenvalue weighted by molar-refractivity contribution is 9.10. The van der Waals surface area contributed by atoms with Crippen LogP contribution in [0.5, 0.6) is 0 Å². The average Bonchev–Trinajstić information content (AvgIpc) is 3.19. The van der Waals surface area contributed by atoms with Crippen molar-refractivity contribution < 1.29 is 13.9 Å². The average molecular weight is 492 g/mol. The highest BCUT2D eigenvalue weighted by Gasteiger charge is 2.47. The van der Waals surface area contributed by atoms with Crippen molar-refractivity contribution in [3.05, 3.63) is 26.7 Å². The number of amides is 1. The second-order valence-corrected chi connectivity index (χ2v) is 9.57. The summed E-state index contributed by atoms with van der Waals surface area (Å²) in [7, 11) is 0. The molecule has 4 rings (SSSR count). The monoisotopic (exact) mass is 490 g/mol. The first-order valence-electron chi connectivity index (χ1n) is 8.82. The molecule has 2 aromatic rings. The van der Waals surface area contributed by atoms with Crippen molar-refractivity contribution in [2.24, 2.45) is 0 Å². The highest BCUT2D eigenvalue weighted by Crippen LogP contribution is 2.40. The Bertz CT molecular complexity index is 984. The maximum Gasteiger partial charge on any atom is 0.410 e. The number of fused-ring (bicyclic) bond motifs is 3. The number of ether oxygens (including phenoxy) is 1. The minimum atomic E-state index is -0.576. The molecule has 1 aromatic carbocycles. The van der Waals surface area contributed by atoms with Crippen molar-refractivity contribution in [3.63, 3.8) is 0 Å². The zero-order chi connectivity index (χ0) is 20.4. The molecule has 2 aliphatic heterocycles. The van der Waals surface area contributed by atoms with Crippen LogP contribution in [0.3, 0.4) is 0 Å². The number of halogens is 4. The second-order valence-electron chi connectivity index (χ2n) is 8.03. The summed E-state index contributed by atoms with van der Waals surface area (Å²) in [6.07, 6.45) is 0.470. The van der Waals surface area contributed by atoms with E-state index in [1.54, 1.807) is 11.0 Å². The molecule has 10 heteroatoms. The molecule has 150 valence electrons. The summed E-state index contributed by atoms with van der Waals surface area (Å²) in [5.41, 5.74) is -0.436. The summed E-state index contributed by atoms with van der Waals surface area (Å²) in [4.78, 5) is 24.6. The van der Waals surface area contributed by atoms with Gasteiger partial charge in [-0.1, -0.05) is 11.6 Å². The van der Waals surface area contributed by atoms with Crippen molar-refractivity contribution in [1.82, 2.24) is 14.9 Å². The van der Waals surface area contributed by atoms with E-state index in [4.69, 9.17) is 27.9 Å². The van der Waals surface area contributed by atoms with E-state index in [1.807, 2.05) is 25.7 Å². The molecule has 28 heavy (non-hydrogen) atoms. The molecule has 1 amide bonds. The number of benzene rings is 1. The van der Waals surface area contributed by atoms with Crippen LogP contribution in [0, 0.1) is 5.82 Å². The van der Waals surface area contributed by atoms with Gasteiger partial charge in [0, 0.05) is 18.5 Å². The Morgan fingerprint density at radius 3 is 2.61 bits per heavy atom. The fourth-order valence-corrected chi connectivity index (χ4v) is 4.48. The van der Waals surface area contributed by atoms with Crippen LogP contribution in [0.1, 0.15) is 27.2 Å². The van der Waals surface area contributed by atoms with Gasteiger partial charge in [-0.15, -0.1) is 0 Å². The molecule has 2 bridgehead atoms. The summed E-state index contributed by atoms with van der Waals surface area (Å²) in [6.45, 7) is 6.60. The van der Waals surface area contributed by atoms with Crippen LogP contribution >= 0.6 is 39.1 Å². The van der Waals surface area contributed by atoms with Gasteiger partial charge in [-0.3, -0.25) is 0 Å². The summed E-state index contributed by atoms with van der Waals surface area (Å²) < 4.78 is 20.3. The number of likely N-dealkylation sites (tertiary alicyclic amines) is 1. The quantitative estimate of drug-likeness (QED) is 0.413. The van der Waals surface area contributed by atoms with Crippen LogP contribution in [-0.2, 0) is 4.74 Å². The Balaban J connectivity index is 1.66. The number of anilines is 1. The second kappa shape index (κ2) is 6.85. The van der Waals surface area contributed by atoms with Crippen molar-refractivity contribution in [2.45, 2.75) is 44.9 Å². The molecule has 6 nitrogen and oxygen atoms in total. The van der Waals surface area contributed by atoms with Gasteiger partial charge in [-0.2, -0.15) is 4.98 Å². The molecule has 3 heterocycles. The number of piperazine rings is 1. The zero-order valence-corrected chi connectivity index (χ0v) is 18.6. The van der Waals surface area contributed by atoms with Gasteiger partial charge in [0.2, 0.25) is 5.28 Å². The molecule has 0 radical (unpaired) electrons. The molecule has 2 saturated heterocycles. The van der Waals surface area contributed by atoms with Crippen molar-refractivity contribution >= 4 is 61.9 Å². The van der Waals surface area contributed by atoms with Crippen LogP contribution < -0.4 is 4.90 Å². The van der Waals surface area contributed by atoms with Crippen molar-refractivity contribution in [2.75, 3.05) is 18.0 Å². The number of carbonyl (C=O) groups excluding carboxylic acids is 1. The number of carbonyl (C=O) groups is 1. The molecule has 1 aromatic heterocycles. The Morgan fingerprint density at radius 1 is 1.29 bits per heavy atom. The Hall–Kier alpha value is -1.38. The molecular weight excluding hydrogens is 474 g/mol. The van der Waals surface area contributed by atoms with E-state index < -0.39 is 11.4 Å². The van der Waals surface area contributed by atoms with Gasteiger partial charge in [0.25, 0.3) is 0 Å². The van der Waals surface area contributed by atoms with Gasteiger partial charge in [0.1, 0.15) is 16.9 Å². The van der Waals surface area contributed by atoms with Crippen LogP contribution in [-0.4, -0.2) is 51.7 Å². The normalized spacial score (nSPS) is 21.7. The van der Waals surface area contributed by atoms with Gasteiger partial charge >= 0.3 is 6.09 Å². The predicted molar refractivity (Wildman–Crippen MR) is 110 cm³/mol. The van der Waals surface area contributed by atoms with E-state index in [9.17, 15) is 9.18 Å². The smallest absolute Gasteiger partial charge is 0.410 e. The van der Waals surface area contributed by atoms with E-state index in [1.165, 1.54) is 0 Å². The Morgan fingerprint density at radius 2 is 2.00 bits per heavy atom. The lowest BCUT2D eigenvalue weighted by molar-refractivity contribution is 0.0214. The molecule has 2 atom stereocenters. The predicted octanol–water partition coefficient (Wildman–Crippen LogP) is 5.04. The zero-order valence-electron chi connectivity index (χ0n) is 15.5. The largest absolute Gasteiger partial charge is 0.444 e. The van der Waals surface area contributed by atoms with Gasteiger partial charge < -0.3 is 14.5 Å².